The number of hydrogen-bond acceptors (Lipinski definition) is 3. The number of halogens is 1. The molecule has 1 fully saturated rings. The first kappa shape index (κ1) is 14.2. The Morgan fingerprint density at radius 2 is 2.33 bits per heavy atom. The molecule has 0 aliphatic carbocycles. The van der Waals surface area contributed by atoms with Gasteiger partial charge in [0.2, 0.25) is 5.91 Å². The fourth-order valence-electron chi connectivity index (χ4n) is 2.76. The lowest BCUT2D eigenvalue weighted by molar-refractivity contribution is -0.119. The molecule has 6 heteroatoms. The van der Waals surface area contributed by atoms with Gasteiger partial charge in [0, 0.05) is 13.0 Å². The number of amides is 1. The normalized spacial score (nSPS) is 18.5. The second kappa shape index (κ2) is 5.56. The van der Waals surface area contributed by atoms with Crippen LogP contribution in [0.5, 0.6) is 5.75 Å². The Bertz CT molecular complexity index is 681. The summed E-state index contributed by atoms with van der Waals surface area (Å²) < 4.78 is 7.89. The summed E-state index contributed by atoms with van der Waals surface area (Å²) in [5.41, 5.74) is 1.77. The van der Waals surface area contributed by atoms with Crippen molar-refractivity contribution in [3.05, 3.63) is 24.0 Å². The van der Waals surface area contributed by atoms with Gasteiger partial charge >= 0.3 is 0 Å². The van der Waals surface area contributed by atoms with E-state index in [1.54, 1.807) is 0 Å². The Balaban J connectivity index is 2.12. The van der Waals surface area contributed by atoms with Gasteiger partial charge in [-0.1, -0.05) is 6.07 Å². The maximum absolute atomic E-state index is 11.5. The second-order valence-corrected chi connectivity index (χ2v) is 5.75. The van der Waals surface area contributed by atoms with Crippen molar-refractivity contribution in [1.29, 1.82) is 0 Å². The van der Waals surface area contributed by atoms with E-state index in [9.17, 15) is 4.79 Å². The lowest BCUT2D eigenvalue weighted by atomic mass is 10.2. The van der Waals surface area contributed by atoms with E-state index in [2.05, 4.69) is 14.9 Å². The maximum Gasteiger partial charge on any atom is 0.222 e. The third kappa shape index (κ3) is 2.58. The summed E-state index contributed by atoms with van der Waals surface area (Å²) in [7, 11) is 0. The Morgan fingerprint density at radius 3 is 2.95 bits per heavy atom. The third-order valence-electron chi connectivity index (χ3n) is 3.56. The molecule has 1 amide bonds. The van der Waals surface area contributed by atoms with Crippen molar-refractivity contribution >= 4 is 28.5 Å². The number of hydrogen-bond donors (Lipinski definition) is 1. The van der Waals surface area contributed by atoms with Crippen molar-refractivity contribution in [3.63, 3.8) is 0 Å². The van der Waals surface area contributed by atoms with E-state index in [1.165, 1.54) is 0 Å². The van der Waals surface area contributed by atoms with Gasteiger partial charge in [-0.05, 0) is 26.0 Å². The molecule has 1 aliphatic heterocycles. The van der Waals surface area contributed by atoms with E-state index in [0.717, 1.165) is 22.6 Å². The maximum atomic E-state index is 11.5. The lowest BCUT2D eigenvalue weighted by Crippen LogP contribution is -2.16. The number of carbonyl (C=O) groups excluding carboxylic acids is 1. The van der Waals surface area contributed by atoms with Crippen molar-refractivity contribution in [2.24, 2.45) is 0 Å². The van der Waals surface area contributed by atoms with Gasteiger partial charge in [0.25, 0.3) is 0 Å². The Morgan fingerprint density at radius 1 is 1.52 bits per heavy atom. The molecule has 0 bridgehead atoms. The summed E-state index contributed by atoms with van der Waals surface area (Å²) in [5.74, 6) is 1.90. The van der Waals surface area contributed by atoms with Crippen LogP contribution in [0, 0.1) is 0 Å². The average molecular weight is 308 g/mol. The minimum Gasteiger partial charge on any atom is -0.489 e. The van der Waals surface area contributed by atoms with Gasteiger partial charge in [-0.25, -0.2) is 4.98 Å². The molecule has 2 heterocycles. The van der Waals surface area contributed by atoms with Gasteiger partial charge in [-0.3, -0.25) is 4.79 Å². The van der Waals surface area contributed by atoms with E-state index < -0.39 is 0 Å². The number of nitrogens with zero attached hydrogens (tertiary/aromatic N) is 2. The molecule has 1 N–H and O–H groups in total. The summed E-state index contributed by atoms with van der Waals surface area (Å²) in [4.78, 5) is 16.1. The molecule has 1 atom stereocenters. The molecule has 0 saturated carbocycles. The van der Waals surface area contributed by atoms with Crippen LogP contribution in [0.3, 0.4) is 0 Å². The van der Waals surface area contributed by atoms with Crippen LogP contribution in [0.15, 0.2) is 18.2 Å². The van der Waals surface area contributed by atoms with Crippen LogP contribution in [0.2, 0.25) is 0 Å². The molecular formula is C15H18ClN3O2. The van der Waals surface area contributed by atoms with Crippen LogP contribution in [0.4, 0.5) is 0 Å². The zero-order chi connectivity index (χ0) is 15.0. The first-order valence-electron chi connectivity index (χ1n) is 7.09. The Hall–Kier alpha value is -1.75. The molecule has 1 aromatic carbocycles. The number of para-hydroxylation sites is 1. The number of benzene rings is 1. The SMILES string of the molecule is CC(C)Oc1cccc2c1nc(CCl)n2C1CNC(=O)C1. The molecule has 21 heavy (non-hydrogen) atoms. The van der Waals surface area contributed by atoms with E-state index >= 15 is 0 Å². The molecule has 5 nitrogen and oxygen atoms in total. The molecule has 1 aromatic heterocycles. The average Bonchev–Trinajstić information content (AvgIpc) is 3.01. The summed E-state index contributed by atoms with van der Waals surface area (Å²) >= 11 is 6.05. The second-order valence-electron chi connectivity index (χ2n) is 5.48. The fourth-order valence-corrected chi connectivity index (χ4v) is 2.95. The topological polar surface area (TPSA) is 56.1 Å². The van der Waals surface area contributed by atoms with Crippen LogP contribution < -0.4 is 10.1 Å². The van der Waals surface area contributed by atoms with Crippen molar-refractivity contribution < 1.29 is 9.53 Å². The van der Waals surface area contributed by atoms with Crippen molar-refractivity contribution in [2.75, 3.05) is 6.54 Å². The standard InChI is InChI=1S/C15H18ClN3O2/c1-9(2)21-12-5-3-4-11-15(12)18-13(7-16)19(11)10-6-14(20)17-8-10/h3-5,9-10H,6-8H2,1-2H3,(H,17,20). The van der Waals surface area contributed by atoms with E-state index in [-0.39, 0.29) is 18.1 Å². The molecular weight excluding hydrogens is 290 g/mol. The van der Waals surface area contributed by atoms with Crippen molar-refractivity contribution in [3.8, 4) is 5.75 Å². The van der Waals surface area contributed by atoms with Crippen LogP contribution >= 0.6 is 11.6 Å². The van der Waals surface area contributed by atoms with Gasteiger partial charge in [0.05, 0.1) is 23.5 Å². The van der Waals surface area contributed by atoms with Gasteiger partial charge in [-0.2, -0.15) is 0 Å². The number of nitrogens with one attached hydrogen (secondary N) is 1. The lowest BCUT2D eigenvalue weighted by Gasteiger charge is -2.14. The van der Waals surface area contributed by atoms with E-state index in [1.807, 2.05) is 32.0 Å². The molecule has 1 unspecified atom stereocenters. The molecule has 3 rings (SSSR count). The zero-order valence-corrected chi connectivity index (χ0v) is 12.9. The molecule has 1 aliphatic rings. The number of alkyl halides is 1. The smallest absolute Gasteiger partial charge is 0.222 e. The first-order chi connectivity index (χ1) is 10.1. The molecule has 1 saturated heterocycles. The number of aromatic nitrogens is 2. The fraction of sp³-hybridized carbons (Fsp3) is 0.467. The highest BCUT2D eigenvalue weighted by Gasteiger charge is 2.27. The number of rotatable bonds is 4. The van der Waals surface area contributed by atoms with Gasteiger partial charge in [-0.15, -0.1) is 11.6 Å². The number of imidazole rings is 1. The van der Waals surface area contributed by atoms with Gasteiger partial charge in [0.1, 0.15) is 17.1 Å². The molecule has 112 valence electrons. The minimum atomic E-state index is 0.0607. The zero-order valence-electron chi connectivity index (χ0n) is 12.1. The van der Waals surface area contributed by atoms with Crippen LogP contribution in [0.25, 0.3) is 11.0 Å². The van der Waals surface area contributed by atoms with Crippen LogP contribution in [-0.4, -0.2) is 28.1 Å². The highest BCUT2D eigenvalue weighted by molar-refractivity contribution is 6.17. The number of ether oxygens (including phenoxy) is 1. The highest BCUT2D eigenvalue weighted by atomic mass is 35.5. The van der Waals surface area contributed by atoms with E-state index in [0.29, 0.717) is 18.8 Å². The quantitative estimate of drug-likeness (QED) is 0.883. The van der Waals surface area contributed by atoms with Crippen molar-refractivity contribution in [1.82, 2.24) is 14.9 Å². The van der Waals surface area contributed by atoms with Crippen LogP contribution in [-0.2, 0) is 10.7 Å². The predicted octanol–water partition coefficient (Wildman–Crippen LogP) is 2.62. The third-order valence-corrected chi connectivity index (χ3v) is 3.80. The summed E-state index contributed by atoms with van der Waals surface area (Å²) in [6, 6.07) is 5.91. The van der Waals surface area contributed by atoms with Crippen molar-refractivity contribution in [2.45, 2.75) is 38.3 Å². The molecule has 2 aromatic rings. The van der Waals surface area contributed by atoms with Gasteiger partial charge < -0.3 is 14.6 Å². The minimum absolute atomic E-state index is 0.0607. The predicted molar refractivity (Wildman–Crippen MR) is 81.7 cm³/mol. The molecule has 0 spiro atoms. The number of fused-ring (bicyclic) bond motifs is 1. The van der Waals surface area contributed by atoms with E-state index in [4.69, 9.17) is 16.3 Å². The highest BCUT2D eigenvalue weighted by Crippen LogP contribution is 2.31. The monoisotopic (exact) mass is 307 g/mol. The molecule has 0 radical (unpaired) electrons. The summed E-state index contributed by atoms with van der Waals surface area (Å²) in [5, 5.41) is 2.86. The number of carbonyl (C=O) groups is 1. The summed E-state index contributed by atoms with van der Waals surface area (Å²) in [6.07, 6.45) is 0.542. The Labute approximate surface area is 128 Å². The largest absolute Gasteiger partial charge is 0.489 e. The summed E-state index contributed by atoms with van der Waals surface area (Å²) in [6.45, 7) is 4.58. The van der Waals surface area contributed by atoms with Gasteiger partial charge in [0.15, 0.2) is 0 Å². The Kier molecular flexibility index (Phi) is 3.76. The van der Waals surface area contributed by atoms with Crippen LogP contribution in [0.1, 0.15) is 32.1 Å². The first-order valence-corrected chi connectivity index (χ1v) is 7.62.